The van der Waals surface area contributed by atoms with E-state index in [4.69, 9.17) is 25.8 Å². The number of hydrogen-bond donors (Lipinski definition) is 0. The number of nitro benzene ring substituents is 1. The third kappa shape index (κ3) is 10.1. The number of benzene rings is 2. The first-order valence-corrected chi connectivity index (χ1v) is 15.1. The normalized spacial score (nSPS) is 12.7. The monoisotopic (exact) mass is 644 g/mol. The van der Waals surface area contributed by atoms with E-state index in [0.717, 1.165) is 18.3 Å². The molecule has 0 aliphatic rings. The highest BCUT2D eigenvalue weighted by molar-refractivity contribution is 7.92. The van der Waals surface area contributed by atoms with Gasteiger partial charge in [0.1, 0.15) is 17.0 Å². The van der Waals surface area contributed by atoms with E-state index < -0.39 is 55.2 Å². The van der Waals surface area contributed by atoms with E-state index in [0.29, 0.717) is 6.42 Å². The second-order valence-corrected chi connectivity index (χ2v) is 13.0. The van der Waals surface area contributed by atoms with Gasteiger partial charge in [-0.25, -0.2) is 32.1 Å². The summed E-state index contributed by atoms with van der Waals surface area (Å²) in [6, 6.07) is 5.72. The van der Waals surface area contributed by atoms with Crippen molar-refractivity contribution in [2.45, 2.75) is 45.0 Å². The van der Waals surface area contributed by atoms with Crippen molar-refractivity contribution in [3.8, 4) is 22.8 Å². The van der Waals surface area contributed by atoms with Crippen LogP contribution < -0.4 is 9.47 Å². The highest BCUT2D eigenvalue weighted by Gasteiger charge is 2.21. The molecule has 0 aliphatic heterocycles. The summed E-state index contributed by atoms with van der Waals surface area (Å²) in [5.74, 6) is -4.03. The third-order valence-corrected chi connectivity index (χ3v) is 6.92. The number of hydrogen-bond acceptors (Lipinski definition) is 9. The molecule has 1 atom stereocenters. The fourth-order valence-corrected chi connectivity index (χ4v) is 4.98. The lowest BCUT2D eigenvalue weighted by molar-refractivity contribution is -0.385. The molecule has 0 fully saturated rings. The highest BCUT2D eigenvalue weighted by Crippen LogP contribution is 2.32. The number of ether oxygens (including phenoxy) is 3. The van der Waals surface area contributed by atoms with Gasteiger partial charge in [0.2, 0.25) is 5.28 Å². The molecule has 0 bridgehead atoms. The molecule has 0 radical (unpaired) electrons. The van der Waals surface area contributed by atoms with Crippen molar-refractivity contribution in [1.82, 2.24) is 9.97 Å². The molecule has 0 N–H and O–H groups in total. The van der Waals surface area contributed by atoms with Gasteiger partial charge in [-0.05, 0) is 69.0 Å². The van der Waals surface area contributed by atoms with Crippen LogP contribution in [0.1, 0.15) is 39.2 Å². The van der Waals surface area contributed by atoms with Crippen LogP contribution in [0.15, 0.2) is 40.9 Å². The first-order valence-electron chi connectivity index (χ1n) is 12.7. The highest BCUT2D eigenvalue weighted by atomic mass is 35.5. The van der Waals surface area contributed by atoms with Crippen molar-refractivity contribution in [3.63, 3.8) is 0 Å². The van der Waals surface area contributed by atoms with Gasteiger partial charge in [0.05, 0.1) is 45.9 Å². The summed E-state index contributed by atoms with van der Waals surface area (Å²) in [5.41, 5.74) is -1.73. The number of amides is 1. The summed E-state index contributed by atoms with van der Waals surface area (Å²) < 4.78 is 75.8. The van der Waals surface area contributed by atoms with Crippen molar-refractivity contribution in [3.05, 3.63) is 74.9 Å². The smallest absolute Gasteiger partial charge is 0.442 e. The van der Waals surface area contributed by atoms with E-state index in [2.05, 4.69) is 14.3 Å². The van der Waals surface area contributed by atoms with Crippen molar-refractivity contribution in [1.29, 1.82) is 0 Å². The second kappa shape index (κ2) is 14.0. The third-order valence-electron chi connectivity index (χ3n) is 5.33. The molecule has 1 aromatic heterocycles. The number of unbranched alkanes of at least 4 members (excludes halogenated alkanes) is 1. The number of nitrogens with zero attached hydrogens (tertiary/aromatic N) is 4. The predicted octanol–water partition coefficient (Wildman–Crippen LogP) is 6.89. The van der Waals surface area contributed by atoms with E-state index in [1.165, 1.54) is 24.5 Å². The number of non-ortho nitro benzene ring substituents is 1. The Morgan fingerprint density at radius 2 is 1.77 bits per heavy atom. The van der Waals surface area contributed by atoms with Gasteiger partial charge in [-0.3, -0.25) is 10.1 Å². The summed E-state index contributed by atoms with van der Waals surface area (Å²) in [6.07, 6.45) is 1.56. The standard InChI is InChI=1S/C27H28ClF3N4O7S/c1-27(2,3)42-26(36)34-43(4,39)15-16-11-17(35(37)38)13-18(12-16)40-9-5-6-10-41-24-20(29)8-7-19(22(24)31)23-21(30)14-32-25(28)33-23/h7-8,11-14H,5-6,9-10,15H2,1-4H3. The van der Waals surface area contributed by atoms with Gasteiger partial charge in [0, 0.05) is 17.9 Å². The minimum absolute atomic E-state index is 0.0450. The summed E-state index contributed by atoms with van der Waals surface area (Å²) in [4.78, 5) is 29.9. The summed E-state index contributed by atoms with van der Waals surface area (Å²) in [6.45, 7) is 4.79. The second-order valence-electron chi connectivity index (χ2n) is 10.2. The number of carbonyl (C=O) groups is 1. The molecule has 2 aromatic carbocycles. The summed E-state index contributed by atoms with van der Waals surface area (Å²) in [5, 5.41) is 11.1. The zero-order valence-electron chi connectivity index (χ0n) is 23.6. The number of aromatic nitrogens is 2. The van der Waals surface area contributed by atoms with Crippen molar-refractivity contribution >= 4 is 33.1 Å². The predicted molar refractivity (Wildman–Crippen MR) is 152 cm³/mol. The fraction of sp³-hybridized carbons (Fsp3) is 0.370. The summed E-state index contributed by atoms with van der Waals surface area (Å²) in [7, 11) is -3.15. The number of rotatable bonds is 11. The molecule has 0 saturated heterocycles. The molecule has 3 aromatic rings. The zero-order chi connectivity index (χ0) is 31.9. The molecule has 1 unspecified atom stereocenters. The maximum absolute atomic E-state index is 15.0. The average molecular weight is 645 g/mol. The van der Waals surface area contributed by atoms with Gasteiger partial charge in [-0.1, -0.05) is 0 Å². The van der Waals surface area contributed by atoms with Crippen LogP contribution in [0.25, 0.3) is 11.3 Å². The van der Waals surface area contributed by atoms with Crippen molar-refractivity contribution in [2.24, 2.45) is 4.36 Å². The fourth-order valence-electron chi connectivity index (χ4n) is 3.65. The Balaban J connectivity index is 1.62. The van der Waals surface area contributed by atoms with Gasteiger partial charge >= 0.3 is 6.09 Å². The molecular formula is C27H28ClF3N4O7S. The first-order chi connectivity index (χ1) is 20.0. The lowest BCUT2D eigenvalue weighted by Gasteiger charge is -2.17. The Kier molecular flexibility index (Phi) is 10.9. The average Bonchev–Trinajstić information content (AvgIpc) is 2.87. The molecule has 43 heavy (non-hydrogen) atoms. The van der Waals surface area contributed by atoms with Crippen LogP contribution >= 0.6 is 11.6 Å². The van der Waals surface area contributed by atoms with Gasteiger partial charge < -0.3 is 14.2 Å². The largest absolute Gasteiger partial charge is 0.493 e. The molecule has 0 aliphatic carbocycles. The number of nitro groups is 1. The topological polar surface area (TPSA) is 143 Å². The molecule has 0 spiro atoms. The molecule has 1 heterocycles. The molecule has 232 valence electrons. The van der Waals surface area contributed by atoms with E-state index in [-0.39, 0.29) is 53.2 Å². The van der Waals surface area contributed by atoms with E-state index in [1.54, 1.807) is 20.8 Å². The van der Waals surface area contributed by atoms with Crippen LogP contribution in [-0.2, 0) is 20.2 Å². The molecular weight excluding hydrogens is 617 g/mol. The number of halogens is 4. The van der Waals surface area contributed by atoms with Crippen LogP contribution in [0.4, 0.5) is 23.7 Å². The Morgan fingerprint density at radius 3 is 2.42 bits per heavy atom. The van der Waals surface area contributed by atoms with Crippen LogP contribution in [0, 0.1) is 27.6 Å². The molecule has 0 saturated carbocycles. The van der Waals surface area contributed by atoms with Crippen molar-refractivity contribution in [2.75, 3.05) is 19.5 Å². The van der Waals surface area contributed by atoms with Crippen LogP contribution in [-0.4, -0.2) is 50.3 Å². The maximum atomic E-state index is 15.0. The van der Waals surface area contributed by atoms with Crippen LogP contribution in [0.3, 0.4) is 0 Å². The Labute approximate surface area is 250 Å². The molecule has 1 amide bonds. The Bertz CT molecular complexity index is 1640. The van der Waals surface area contributed by atoms with Crippen molar-refractivity contribution < 1.29 is 41.3 Å². The minimum atomic E-state index is -3.15. The first kappa shape index (κ1) is 33.5. The molecule has 3 rings (SSSR count). The summed E-state index contributed by atoms with van der Waals surface area (Å²) >= 11 is 5.67. The van der Waals surface area contributed by atoms with Gasteiger partial charge in [-0.15, -0.1) is 4.36 Å². The minimum Gasteiger partial charge on any atom is -0.493 e. The molecule has 16 heteroatoms. The number of carbonyl (C=O) groups excluding carboxylic acids is 1. The lowest BCUT2D eigenvalue weighted by atomic mass is 10.1. The Hall–Kier alpha value is -3.98. The van der Waals surface area contributed by atoms with Crippen LogP contribution in [0.2, 0.25) is 5.28 Å². The van der Waals surface area contributed by atoms with Gasteiger partial charge in [-0.2, -0.15) is 0 Å². The van der Waals surface area contributed by atoms with E-state index in [9.17, 15) is 32.3 Å². The van der Waals surface area contributed by atoms with E-state index >= 15 is 0 Å². The lowest BCUT2D eigenvalue weighted by Crippen LogP contribution is -2.22. The quantitative estimate of drug-likeness (QED) is 0.0943. The van der Waals surface area contributed by atoms with E-state index in [1.807, 2.05) is 0 Å². The van der Waals surface area contributed by atoms with Gasteiger partial charge in [0.15, 0.2) is 23.2 Å². The maximum Gasteiger partial charge on any atom is 0.442 e. The SMILES string of the molecule is CC(C)(C)OC(=O)N=S(C)(=O)Cc1cc(OCCCCOc2c(F)ccc(-c3nc(Cl)ncc3F)c2F)cc([N+](=O)[O-])c1. The Morgan fingerprint density at radius 1 is 1.09 bits per heavy atom. The zero-order valence-corrected chi connectivity index (χ0v) is 25.1. The van der Waals surface area contributed by atoms with Gasteiger partial charge in [0.25, 0.3) is 5.69 Å². The van der Waals surface area contributed by atoms with Crippen LogP contribution in [0.5, 0.6) is 11.5 Å². The molecule has 11 nitrogen and oxygen atoms in total.